The monoisotopic (exact) mass is 321 g/mol. The van der Waals surface area contributed by atoms with Gasteiger partial charge in [0.2, 0.25) is 5.91 Å². The molecule has 4 heteroatoms. The number of carbonyl (C=O) groups is 2. The minimum Gasteiger partial charge on any atom is -0.492 e. The Morgan fingerprint density at radius 1 is 1.17 bits per heavy atom. The molecule has 2 aromatic rings. The van der Waals surface area contributed by atoms with Gasteiger partial charge >= 0.3 is 0 Å². The third-order valence-corrected chi connectivity index (χ3v) is 3.94. The smallest absolute Gasteiger partial charge is 0.221 e. The van der Waals surface area contributed by atoms with Gasteiger partial charge in [0.1, 0.15) is 5.75 Å². The second kappa shape index (κ2) is 6.71. The Morgan fingerprint density at radius 3 is 2.62 bits per heavy atom. The molecule has 1 aliphatic heterocycles. The second-order valence-electron chi connectivity index (χ2n) is 5.85. The van der Waals surface area contributed by atoms with Crippen molar-refractivity contribution in [2.24, 2.45) is 0 Å². The van der Waals surface area contributed by atoms with Crippen LogP contribution in [0.1, 0.15) is 34.8 Å². The summed E-state index contributed by atoms with van der Waals surface area (Å²) >= 11 is 0. The first-order chi connectivity index (χ1) is 11.5. The maximum atomic E-state index is 12.8. The van der Waals surface area contributed by atoms with Gasteiger partial charge in [0.25, 0.3) is 0 Å². The molecule has 0 spiro atoms. The summed E-state index contributed by atoms with van der Waals surface area (Å²) in [6.45, 7) is 3.90. The number of fused-ring (bicyclic) bond motifs is 1. The van der Waals surface area contributed by atoms with Crippen molar-refractivity contribution in [3.05, 3.63) is 64.7 Å². The Balaban J connectivity index is 1.90. The number of anilines is 1. The summed E-state index contributed by atoms with van der Waals surface area (Å²) in [6, 6.07) is 13.0. The fourth-order valence-electron chi connectivity index (χ4n) is 2.78. The molecule has 0 unspecified atom stereocenters. The van der Waals surface area contributed by atoms with Gasteiger partial charge in [-0.05, 0) is 42.3 Å². The zero-order valence-corrected chi connectivity index (χ0v) is 13.8. The number of ether oxygens (including phenoxy) is 1. The molecule has 0 atom stereocenters. The van der Waals surface area contributed by atoms with E-state index in [-0.39, 0.29) is 11.7 Å². The molecule has 1 heterocycles. The Labute approximate surface area is 141 Å². The number of nitrogens with one attached hydrogen (secondary N) is 1. The van der Waals surface area contributed by atoms with Gasteiger partial charge in [0.15, 0.2) is 5.78 Å². The normalized spacial score (nSPS) is 15.4. The van der Waals surface area contributed by atoms with Crippen molar-refractivity contribution >= 4 is 23.5 Å². The minimum atomic E-state index is -0.107. The van der Waals surface area contributed by atoms with Crippen LogP contribution >= 0.6 is 0 Å². The highest BCUT2D eigenvalue weighted by molar-refractivity contribution is 6.13. The van der Waals surface area contributed by atoms with Crippen molar-refractivity contribution in [3.8, 4) is 5.75 Å². The van der Waals surface area contributed by atoms with E-state index >= 15 is 0 Å². The van der Waals surface area contributed by atoms with Crippen LogP contribution in [-0.2, 0) is 4.79 Å². The lowest BCUT2D eigenvalue weighted by Crippen LogP contribution is -2.05. The van der Waals surface area contributed by atoms with E-state index in [1.165, 1.54) is 6.92 Å². The fraction of sp³-hybridized carbons (Fsp3) is 0.200. The summed E-state index contributed by atoms with van der Waals surface area (Å²) in [5.41, 5.74) is 3.98. The third-order valence-electron chi connectivity index (χ3n) is 3.94. The first-order valence-corrected chi connectivity index (χ1v) is 7.90. The van der Waals surface area contributed by atoms with E-state index in [1.807, 2.05) is 55.5 Å². The Morgan fingerprint density at radius 2 is 1.92 bits per heavy atom. The maximum Gasteiger partial charge on any atom is 0.221 e. The largest absolute Gasteiger partial charge is 0.492 e. The van der Waals surface area contributed by atoms with Crippen LogP contribution in [0.15, 0.2) is 48.0 Å². The number of ketones is 1. The molecular weight excluding hydrogens is 302 g/mol. The lowest BCUT2D eigenvalue weighted by molar-refractivity contribution is -0.114. The first kappa shape index (κ1) is 16.0. The molecule has 2 aromatic carbocycles. The lowest BCUT2D eigenvalue weighted by atomic mass is 9.98. The molecule has 24 heavy (non-hydrogen) atoms. The predicted molar refractivity (Wildman–Crippen MR) is 94.3 cm³/mol. The number of amides is 1. The van der Waals surface area contributed by atoms with E-state index in [0.717, 1.165) is 22.4 Å². The molecular formula is C20H19NO3. The molecule has 0 radical (unpaired) electrons. The van der Waals surface area contributed by atoms with E-state index < -0.39 is 0 Å². The van der Waals surface area contributed by atoms with Crippen LogP contribution < -0.4 is 10.1 Å². The summed E-state index contributed by atoms with van der Waals surface area (Å²) in [4.78, 5) is 23.9. The van der Waals surface area contributed by atoms with Crippen LogP contribution in [0.2, 0.25) is 0 Å². The maximum absolute atomic E-state index is 12.8. The van der Waals surface area contributed by atoms with Crippen LogP contribution in [0, 0.1) is 6.92 Å². The standard InChI is InChI=1S/C20H19NO3/c1-13-4-3-5-18-19(23)16(10-11-24-20(13)18)12-15-6-8-17(9-7-15)21-14(2)22/h3-9,12H,10-11H2,1-2H3,(H,21,22)/b16-12+. The van der Waals surface area contributed by atoms with Crippen LogP contribution in [0.25, 0.3) is 6.08 Å². The molecule has 1 amide bonds. The van der Waals surface area contributed by atoms with Gasteiger partial charge < -0.3 is 10.1 Å². The first-order valence-electron chi connectivity index (χ1n) is 7.90. The lowest BCUT2D eigenvalue weighted by Gasteiger charge is -2.08. The topological polar surface area (TPSA) is 55.4 Å². The third kappa shape index (κ3) is 3.38. The molecule has 0 saturated heterocycles. The van der Waals surface area contributed by atoms with Crippen molar-refractivity contribution in [2.45, 2.75) is 20.3 Å². The van der Waals surface area contributed by atoms with Gasteiger partial charge in [-0.1, -0.05) is 24.3 Å². The molecule has 3 rings (SSSR count). The molecule has 0 saturated carbocycles. The summed E-state index contributed by atoms with van der Waals surface area (Å²) < 4.78 is 5.77. The molecule has 122 valence electrons. The van der Waals surface area contributed by atoms with Crippen LogP contribution in [-0.4, -0.2) is 18.3 Å². The number of para-hydroxylation sites is 1. The Kier molecular flexibility index (Phi) is 4.47. The highest BCUT2D eigenvalue weighted by Crippen LogP contribution is 2.30. The Hall–Kier alpha value is -2.88. The van der Waals surface area contributed by atoms with Gasteiger partial charge in [-0.15, -0.1) is 0 Å². The summed E-state index contributed by atoms with van der Waals surface area (Å²) in [6.07, 6.45) is 2.46. The van der Waals surface area contributed by atoms with Gasteiger partial charge in [0.05, 0.1) is 12.2 Å². The van der Waals surface area contributed by atoms with Gasteiger partial charge in [0, 0.05) is 24.6 Å². The predicted octanol–water partition coefficient (Wildman–Crippen LogP) is 4.00. The second-order valence-corrected chi connectivity index (χ2v) is 5.85. The Bertz CT molecular complexity index is 819. The van der Waals surface area contributed by atoms with Crippen LogP contribution in [0.5, 0.6) is 5.75 Å². The van der Waals surface area contributed by atoms with Crippen molar-refractivity contribution in [1.29, 1.82) is 0 Å². The average Bonchev–Trinajstić information content (AvgIpc) is 2.70. The van der Waals surface area contributed by atoms with E-state index in [4.69, 9.17) is 4.74 Å². The highest BCUT2D eigenvalue weighted by Gasteiger charge is 2.22. The molecule has 0 bridgehead atoms. The SMILES string of the molecule is CC(=O)Nc1ccc(/C=C2\CCOc3c(C)cccc3C2=O)cc1. The number of hydrogen-bond acceptors (Lipinski definition) is 3. The quantitative estimate of drug-likeness (QED) is 0.851. The zero-order valence-electron chi connectivity index (χ0n) is 13.8. The van der Waals surface area contributed by atoms with Crippen LogP contribution in [0.3, 0.4) is 0 Å². The molecule has 1 aliphatic rings. The fourth-order valence-corrected chi connectivity index (χ4v) is 2.78. The number of benzene rings is 2. The summed E-state index contributed by atoms with van der Waals surface area (Å²) in [5.74, 6) is 0.591. The van der Waals surface area contributed by atoms with Gasteiger partial charge in [-0.25, -0.2) is 0 Å². The molecule has 0 aliphatic carbocycles. The van der Waals surface area contributed by atoms with E-state index in [0.29, 0.717) is 24.3 Å². The molecule has 0 fully saturated rings. The van der Waals surface area contributed by atoms with Crippen LogP contribution in [0.4, 0.5) is 5.69 Å². The van der Waals surface area contributed by atoms with Crippen molar-refractivity contribution < 1.29 is 14.3 Å². The van der Waals surface area contributed by atoms with E-state index in [9.17, 15) is 9.59 Å². The highest BCUT2D eigenvalue weighted by atomic mass is 16.5. The van der Waals surface area contributed by atoms with Crippen molar-refractivity contribution in [3.63, 3.8) is 0 Å². The van der Waals surface area contributed by atoms with E-state index in [2.05, 4.69) is 5.32 Å². The zero-order chi connectivity index (χ0) is 17.1. The number of Topliss-reactive ketones (excluding diaryl/α,β-unsaturated/α-hetero) is 1. The summed E-state index contributed by atoms with van der Waals surface area (Å²) in [5, 5.41) is 2.73. The molecule has 1 N–H and O–H groups in total. The van der Waals surface area contributed by atoms with Gasteiger partial charge in [-0.2, -0.15) is 0 Å². The minimum absolute atomic E-state index is 0.0112. The van der Waals surface area contributed by atoms with Crippen molar-refractivity contribution in [2.75, 3.05) is 11.9 Å². The number of hydrogen-bond donors (Lipinski definition) is 1. The van der Waals surface area contributed by atoms with E-state index in [1.54, 1.807) is 0 Å². The molecule has 0 aromatic heterocycles. The number of aryl methyl sites for hydroxylation is 1. The molecule has 4 nitrogen and oxygen atoms in total. The number of rotatable bonds is 2. The number of carbonyl (C=O) groups excluding carboxylic acids is 2. The summed E-state index contributed by atoms with van der Waals surface area (Å²) in [7, 11) is 0. The van der Waals surface area contributed by atoms with Gasteiger partial charge in [-0.3, -0.25) is 9.59 Å². The average molecular weight is 321 g/mol. The van der Waals surface area contributed by atoms with Crippen molar-refractivity contribution in [1.82, 2.24) is 0 Å².